The number of carbonyl (C=O) groups is 1. The molecule has 0 spiro atoms. The third kappa shape index (κ3) is 4.62. The van der Waals surface area contributed by atoms with Crippen molar-refractivity contribution in [2.75, 3.05) is 12.4 Å². The summed E-state index contributed by atoms with van der Waals surface area (Å²) in [6, 6.07) is 15.4. The highest BCUT2D eigenvalue weighted by Crippen LogP contribution is 2.26. The van der Waals surface area contributed by atoms with E-state index in [1.165, 1.54) is 11.3 Å². The molecule has 134 valence electrons. The number of methoxy groups -OCH3 is 1. The molecule has 7 heteroatoms. The number of carbonyl (C=O) groups excluding carboxylic acids is 1. The molecule has 0 aliphatic heterocycles. The van der Waals surface area contributed by atoms with Crippen LogP contribution in [0.4, 0.5) is 10.8 Å². The van der Waals surface area contributed by atoms with E-state index in [0.29, 0.717) is 22.2 Å². The lowest BCUT2D eigenvalue weighted by molar-refractivity contribution is 0.0954. The Morgan fingerprint density at radius 3 is 2.73 bits per heavy atom. The van der Waals surface area contributed by atoms with Crippen LogP contribution < -0.4 is 15.4 Å². The Labute approximate surface area is 164 Å². The number of halogens is 1. The first-order valence-corrected chi connectivity index (χ1v) is 9.57. The molecule has 5 nitrogen and oxygen atoms in total. The molecule has 0 aliphatic carbocycles. The fourth-order valence-corrected chi connectivity index (χ4v) is 3.53. The number of aryl methyl sites for hydroxylation is 1. The number of nitrogens with zero attached hydrogens (tertiary/aromatic N) is 1. The summed E-state index contributed by atoms with van der Waals surface area (Å²) in [7, 11) is 1.62. The first kappa shape index (κ1) is 18.4. The molecule has 0 radical (unpaired) electrons. The minimum Gasteiger partial charge on any atom is -0.497 e. The summed E-state index contributed by atoms with van der Waals surface area (Å²) < 4.78 is 6.21. The van der Waals surface area contributed by atoms with E-state index in [1.54, 1.807) is 7.11 Å². The van der Waals surface area contributed by atoms with Crippen molar-refractivity contribution in [2.24, 2.45) is 0 Å². The minimum absolute atomic E-state index is 0.133. The van der Waals surface area contributed by atoms with E-state index in [1.807, 2.05) is 55.5 Å². The van der Waals surface area contributed by atoms with E-state index in [0.717, 1.165) is 21.5 Å². The highest BCUT2D eigenvalue weighted by atomic mass is 79.9. The summed E-state index contributed by atoms with van der Waals surface area (Å²) in [6.07, 6.45) is 0. The molecule has 1 aromatic heterocycles. The Balaban J connectivity index is 1.65. The molecule has 3 rings (SSSR count). The lowest BCUT2D eigenvalue weighted by Gasteiger charge is -2.06. The van der Waals surface area contributed by atoms with Crippen LogP contribution in [0.3, 0.4) is 0 Å². The molecule has 1 amide bonds. The number of hydrogen-bond donors (Lipinski definition) is 2. The van der Waals surface area contributed by atoms with Crippen LogP contribution in [0, 0.1) is 6.92 Å². The number of anilines is 2. The second-order valence-corrected chi connectivity index (χ2v) is 7.51. The van der Waals surface area contributed by atoms with Crippen molar-refractivity contribution in [3.63, 3.8) is 0 Å². The van der Waals surface area contributed by atoms with Gasteiger partial charge < -0.3 is 15.4 Å². The van der Waals surface area contributed by atoms with Crippen molar-refractivity contribution in [3.8, 4) is 5.75 Å². The number of aromatic nitrogens is 1. The average molecular weight is 432 g/mol. The van der Waals surface area contributed by atoms with Crippen molar-refractivity contribution < 1.29 is 9.53 Å². The molecule has 26 heavy (non-hydrogen) atoms. The largest absolute Gasteiger partial charge is 0.497 e. The quantitative estimate of drug-likeness (QED) is 0.582. The van der Waals surface area contributed by atoms with Gasteiger partial charge in [0.1, 0.15) is 10.6 Å². The zero-order valence-corrected chi connectivity index (χ0v) is 16.8. The SMILES string of the molecule is COc1cccc(CNC(=O)c2sc(Nc3ccc(Br)cc3)nc2C)c1. The summed E-state index contributed by atoms with van der Waals surface area (Å²) in [5.74, 6) is 0.637. The van der Waals surface area contributed by atoms with Gasteiger partial charge in [0.05, 0.1) is 12.8 Å². The Morgan fingerprint density at radius 2 is 2.00 bits per heavy atom. The van der Waals surface area contributed by atoms with Gasteiger partial charge in [-0.2, -0.15) is 0 Å². The lowest BCUT2D eigenvalue weighted by atomic mass is 10.2. The smallest absolute Gasteiger partial charge is 0.263 e. The number of nitrogens with one attached hydrogen (secondary N) is 2. The predicted molar refractivity (Wildman–Crippen MR) is 108 cm³/mol. The Kier molecular flexibility index (Phi) is 5.90. The van der Waals surface area contributed by atoms with Gasteiger partial charge in [0.2, 0.25) is 0 Å². The van der Waals surface area contributed by atoms with Crippen LogP contribution in [-0.4, -0.2) is 18.0 Å². The molecule has 0 saturated carbocycles. The third-order valence-electron chi connectivity index (χ3n) is 3.69. The number of benzene rings is 2. The van der Waals surface area contributed by atoms with Crippen molar-refractivity contribution in [1.82, 2.24) is 10.3 Å². The van der Waals surface area contributed by atoms with Gasteiger partial charge >= 0.3 is 0 Å². The zero-order valence-electron chi connectivity index (χ0n) is 14.4. The summed E-state index contributed by atoms with van der Waals surface area (Å²) in [5, 5.41) is 6.85. The molecule has 0 aliphatic rings. The van der Waals surface area contributed by atoms with Gasteiger partial charge in [-0.05, 0) is 48.9 Å². The van der Waals surface area contributed by atoms with E-state index in [2.05, 4.69) is 31.5 Å². The van der Waals surface area contributed by atoms with Gasteiger partial charge in [-0.15, -0.1) is 0 Å². The van der Waals surface area contributed by atoms with Crippen LogP contribution in [0.2, 0.25) is 0 Å². The third-order valence-corrected chi connectivity index (χ3v) is 5.29. The summed E-state index contributed by atoms with van der Waals surface area (Å²) in [4.78, 5) is 17.5. The van der Waals surface area contributed by atoms with Crippen molar-refractivity contribution in [2.45, 2.75) is 13.5 Å². The lowest BCUT2D eigenvalue weighted by Crippen LogP contribution is -2.22. The van der Waals surface area contributed by atoms with Crippen LogP contribution in [-0.2, 0) is 6.54 Å². The molecule has 0 fully saturated rings. The van der Waals surface area contributed by atoms with E-state index >= 15 is 0 Å². The molecule has 0 bridgehead atoms. The van der Waals surface area contributed by atoms with Gasteiger partial charge in [0.25, 0.3) is 5.91 Å². The monoisotopic (exact) mass is 431 g/mol. The molecule has 2 N–H and O–H groups in total. The second kappa shape index (κ2) is 8.33. The van der Waals surface area contributed by atoms with Crippen LogP contribution in [0.25, 0.3) is 0 Å². The standard InChI is InChI=1S/C19H18BrN3O2S/c1-12-17(18(24)21-11-13-4-3-5-16(10-13)25-2)26-19(22-12)23-15-8-6-14(20)7-9-15/h3-10H,11H2,1-2H3,(H,21,24)(H,22,23). The van der Waals surface area contributed by atoms with Gasteiger partial charge in [-0.25, -0.2) is 4.98 Å². The van der Waals surface area contributed by atoms with E-state index in [9.17, 15) is 4.79 Å². The number of hydrogen-bond acceptors (Lipinski definition) is 5. The van der Waals surface area contributed by atoms with Gasteiger partial charge in [0.15, 0.2) is 5.13 Å². The maximum atomic E-state index is 12.5. The van der Waals surface area contributed by atoms with Crippen LogP contribution >= 0.6 is 27.3 Å². The molecule has 0 unspecified atom stereocenters. The average Bonchev–Trinajstić information content (AvgIpc) is 3.02. The second-order valence-electron chi connectivity index (χ2n) is 5.60. The Morgan fingerprint density at radius 1 is 1.23 bits per heavy atom. The normalized spacial score (nSPS) is 10.4. The van der Waals surface area contributed by atoms with Crippen molar-refractivity contribution >= 4 is 44.0 Å². The summed E-state index contributed by atoms with van der Waals surface area (Å²) >= 11 is 4.75. The molecule has 3 aromatic rings. The van der Waals surface area contributed by atoms with E-state index in [-0.39, 0.29) is 5.91 Å². The molecule has 0 saturated heterocycles. The fraction of sp³-hybridized carbons (Fsp3) is 0.158. The highest BCUT2D eigenvalue weighted by molar-refractivity contribution is 9.10. The molecule has 0 atom stereocenters. The van der Waals surface area contributed by atoms with Crippen molar-refractivity contribution in [3.05, 3.63) is 69.1 Å². The number of amides is 1. The van der Waals surface area contributed by atoms with E-state index < -0.39 is 0 Å². The molecule has 2 aromatic carbocycles. The van der Waals surface area contributed by atoms with E-state index in [4.69, 9.17) is 4.74 Å². The van der Waals surface area contributed by atoms with Crippen LogP contribution in [0.15, 0.2) is 53.0 Å². The first-order valence-electron chi connectivity index (χ1n) is 7.96. The van der Waals surface area contributed by atoms with Crippen LogP contribution in [0.1, 0.15) is 20.9 Å². The number of thiazole rings is 1. The molecular formula is C19H18BrN3O2S. The van der Waals surface area contributed by atoms with Crippen molar-refractivity contribution in [1.29, 1.82) is 0 Å². The zero-order chi connectivity index (χ0) is 18.5. The van der Waals surface area contributed by atoms with Gasteiger partial charge in [0, 0.05) is 16.7 Å². The highest BCUT2D eigenvalue weighted by Gasteiger charge is 2.15. The maximum Gasteiger partial charge on any atom is 0.263 e. The van der Waals surface area contributed by atoms with Crippen LogP contribution in [0.5, 0.6) is 5.75 Å². The predicted octanol–water partition coefficient (Wildman–Crippen LogP) is 4.90. The topological polar surface area (TPSA) is 63.2 Å². The molecule has 1 heterocycles. The fourth-order valence-electron chi connectivity index (χ4n) is 2.36. The number of ether oxygens (including phenoxy) is 1. The summed E-state index contributed by atoms with van der Waals surface area (Å²) in [6.45, 7) is 2.27. The first-order chi connectivity index (χ1) is 12.5. The molecular weight excluding hydrogens is 414 g/mol. The maximum absolute atomic E-state index is 12.5. The summed E-state index contributed by atoms with van der Waals surface area (Å²) in [5.41, 5.74) is 2.61. The Hall–Kier alpha value is -2.38. The van der Waals surface area contributed by atoms with Gasteiger partial charge in [-0.1, -0.05) is 39.4 Å². The van der Waals surface area contributed by atoms with Gasteiger partial charge in [-0.3, -0.25) is 4.79 Å². The Bertz CT molecular complexity index is 909. The minimum atomic E-state index is -0.133. The number of rotatable bonds is 6.